The maximum Gasteiger partial charge on any atom is -1.00 e. The summed E-state index contributed by atoms with van der Waals surface area (Å²) in [5, 5.41) is 0. The molecule has 4 heteroatoms. The van der Waals surface area contributed by atoms with Crippen LogP contribution in [0.5, 0.6) is 5.75 Å². The van der Waals surface area contributed by atoms with Crippen LogP contribution in [0.25, 0.3) is 0 Å². The van der Waals surface area contributed by atoms with Gasteiger partial charge in [0, 0.05) is 0 Å². The van der Waals surface area contributed by atoms with Gasteiger partial charge >= 0.3 is 137 Å². The molecule has 125 valence electrons. The van der Waals surface area contributed by atoms with Crippen LogP contribution in [0.15, 0.2) is 12.1 Å². The molecule has 0 aliphatic heterocycles. The van der Waals surface area contributed by atoms with E-state index in [0.717, 1.165) is 18.6 Å². The van der Waals surface area contributed by atoms with E-state index in [2.05, 4.69) is 32.9 Å². The zero-order valence-electron chi connectivity index (χ0n) is 14.2. The molecule has 0 spiro atoms. The van der Waals surface area contributed by atoms with Crippen molar-refractivity contribution in [1.82, 2.24) is 0 Å². The van der Waals surface area contributed by atoms with E-state index in [1.54, 1.807) is 0 Å². The van der Waals surface area contributed by atoms with Gasteiger partial charge in [0.1, 0.15) is 0 Å². The molecular formula is C18H29Cl2OTi. The molecule has 0 bridgehead atoms. The zero-order chi connectivity index (χ0) is 14.8. The number of hydrogen-bond donors (Lipinski definition) is 0. The first-order valence-electron chi connectivity index (χ1n) is 8.24. The number of rotatable bonds is 10. The molecule has 1 rings (SSSR count). The summed E-state index contributed by atoms with van der Waals surface area (Å²) in [5.41, 5.74) is 4.35. The first-order valence-corrected chi connectivity index (χ1v) is 8.88. The van der Waals surface area contributed by atoms with Crippen molar-refractivity contribution in [2.24, 2.45) is 0 Å². The fraction of sp³-hybridized carbons (Fsp3) is 0.667. The molecule has 1 aromatic carbocycles. The molecule has 1 nitrogen and oxygen atoms in total. The third kappa shape index (κ3) is 8.25. The summed E-state index contributed by atoms with van der Waals surface area (Å²) in [5.74, 6) is 1.16. The van der Waals surface area contributed by atoms with E-state index >= 15 is 0 Å². The Labute approximate surface area is 161 Å². The molecule has 0 saturated heterocycles. The van der Waals surface area contributed by atoms with Gasteiger partial charge in [-0.15, -0.1) is 0 Å². The third-order valence-electron chi connectivity index (χ3n) is 3.82. The molecule has 1 aromatic rings. The Hall–Kier alpha value is 0.314. The number of benzene rings is 1. The second-order valence-electron chi connectivity index (χ2n) is 5.66. The molecule has 0 saturated carbocycles. The van der Waals surface area contributed by atoms with Crippen LogP contribution >= 0.6 is 0 Å². The topological polar surface area (TPSA) is 9.23 Å². The monoisotopic (exact) mass is 379 g/mol. The molecule has 0 unspecified atom stereocenters. The van der Waals surface area contributed by atoms with Crippen molar-refractivity contribution < 1.29 is 49.0 Å². The summed E-state index contributed by atoms with van der Waals surface area (Å²) in [4.78, 5) is 0. The Balaban J connectivity index is 0. The minimum atomic E-state index is 0. The van der Waals surface area contributed by atoms with Crippen LogP contribution in [-0.2, 0) is 40.1 Å². The van der Waals surface area contributed by atoms with Crippen molar-refractivity contribution >= 4 is 0 Å². The van der Waals surface area contributed by atoms with Gasteiger partial charge in [-0.2, -0.15) is 0 Å². The Morgan fingerprint density at radius 3 is 1.55 bits per heavy atom. The summed E-state index contributed by atoms with van der Waals surface area (Å²) >= 11 is 1.83. The van der Waals surface area contributed by atoms with Crippen LogP contribution in [0.2, 0.25) is 0 Å². The van der Waals surface area contributed by atoms with E-state index in [4.69, 9.17) is 3.32 Å². The van der Waals surface area contributed by atoms with Crippen molar-refractivity contribution in [3.05, 3.63) is 28.8 Å². The standard InChI is InChI=1S/C18H30O.2ClH.Ti/c1-4-7-10-15-13-16(11-8-5-2)18(19)17(14-15)12-9-6-3;;;/h13-14,19H,4-12H2,1-3H3;2*1H;/q;;;+3/p-3. The Kier molecular flexibility index (Phi) is 16.6. The van der Waals surface area contributed by atoms with Crippen molar-refractivity contribution in [2.75, 3.05) is 0 Å². The van der Waals surface area contributed by atoms with Crippen molar-refractivity contribution in [2.45, 2.75) is 78.6 Å². The number of aryl methyl sites for hydroxylation is 3. The smallest absolute Gasteiger partial charge is 1.00 e. The van der Waals surface area contributed by atoms with Crippen LogP contribution in [0.1, 0.15) is 76.0 Å². The van der Waals surface area contributed by atoms with Gasteiger partial charge in [-0.25, -0.2) is 0 Å². The SMILES string of the molecule is CCCCc1cc(CCCC)c([O][Ti+2])c(CCCC)c1.[Cl-].[Cl-]. The van der Waals surface area contributed by atoms with Gasteiger partial charge < -0.3 is 24.8 Å². The maximum atomic E-state index is 5.73. The molecule has 0 radical (unpaired) electrons. The number of unbranched alkanes of at least 4 members (excludes halogenated alkanes) is 3. The predicted octanol–water partition coefficient (Wildman–Crippen LogP) is -0.437. The summed E-state index contributed by atoms with van der Waals surface area (Å²) in [7, 11) is 0. The maximum absolute atomic E-state index is 5.73. The zero-order valence-corrected chi connectivity index (χ0v) is 17.3. The van der Waals surface area contributed by atoms with Crippen LogP contribution in [0.3, 0.4) is 0 Å². The average molecular weight is 380 g/mol. The van der Waals surface area contributed by atoms with Gasteiger partial charge in [0.15, 0.2) is 0 Å². The first kappa shape index (κ1) is 24.6. The van der Waals surface area contributed by atoms with E-state index in [9.17, 15) is 0 Å². The van der Waals surface area contributed by atoms with Gasteiger partial charge in [-0.1, -0.05) is 0 Å². The van der Waals surface area contributed by atoms with Gasteiger partial charge in [0.05, 0.1) is 0 Å². The van der Waals surface area contributed by atoms with Crippen LogP contribution < -0.4 is 28.1 Å². The minimum absolute atomic E-state index is 0. The van der Waals surface area contributed by atoms with Crippen molar-refractivity contribution in [3.63, 3.8) is 0 Å². The third-order valence-corrected chi connectivity index (χ3v) is 4.14. The average Bonchev–Trinajstić information content (AvgIpc) is 2.48. The summed E-state index contributed by atoms with van der Waals surface area (Å²) in [6, 6.07) is 4.78. The van der Waals surface area contributed by atoms with Gasteiger partial charge in [0.2, 0.25) is 0 Å². The molecule has 0 aliphatic carbocycles. The molecule has 0 atom stereocenters. The van der Waals surface area contributed by atoms with Crippen LogP contribution in [0.4, 0.5) is 0 Å². The largest absolute Gasteiger partial charge is 1.00 e. The predicted molar refractivity (Wildman–Crippen MR) is 82.9 cm³/mol. The van der Waals surface area contributed by atoms with E-state index in [1.165, 1.54) is 61.6 Å². The summed E-state index contributed by atoms with van der Waals surface area (Å²) < 4.78 is 5.73. The molecule has 0 amide bonds. The quantitative estimate of drug-likeness (QED) is 0.501. The number of halogens is 2. The first-order chi connectivity index (χ1) is 9.76. The second kappa shape index (κ2) is 14.9. The van der Waals surface area contributed by atoms with E-state index < -0.39 is 0 Å². The van der Waals surface area contributed by atoms with E-state index in [1.807, 2.05) is 20.8 Å². The Morgan fingerprint density at radius 1 is 0.773 bits per heavy atom. The molecule has 22 heavy (non-hydrogen) atoms. The molecular weight excluding hydrogens is 351 g/mol. The minimum Gasteiger partial charge on any atom is -1.00 e. The summed E-state index contributed by atoms with van der Waals surface area (Å²) in [6.07, 6.45) is 11.0. The van der Waals surface area contributed by atoms with Crippen molar-refractivity contribution in [1.29, 1.82) is 0 Å². The Bertz CT molecular complexity index is 368. The van der Waals surface area contributed by atoms with Crippen LogP contribution in [0, 0.1) is 0 Å². The molecule has 0 aromatic heterocycles. The van der Waals surface area contributed by atoms with E-state index in [0.29, 0.717) is 0 Å². The molecule has 0 heterocycles. The normalized spacial score (nSPS) is 9.86. The van der Waals surface area contributed by atoms with E-state index in [-0.39, 0.29) is 24.8 Å². The molecule has 0 aliphatic rings. The van der Waals surface area contributed by atoms with Gasteiger partial charge in [-0.3, -0.25) is 0 Å². The Morgan fingerprint density at radius 2 is 1.18 bits per heavy atom. The van der Waals surface area contributed by atoms with Gasteiger partial charge in [-0.05, 0) is 0 Å². The molecule has 0 fully saturated rings. The number of hydrogen-bond acceptors (Lipinski definition) is 1. The van der Waals surface area contributed by atoms with Gasteiger partial charge in [0.25, 0.3) is 0 Å². The van der Waals surface area contributed by atoms with Crippen LogP contribution in [-0.4, -0.2) is 0 Å². The second-order valence-corrected chi connectivity index (χ2v) is 5.97. The van der Waals surface area contributed by atoms with Crippen molar-refractivity contribution in [3.8, 4) is 5.75 Å². The molecule has 0 N–H and O–H groups in total. The fourth-order valence-electron chi connectivity index (χ4n) is 2.59. The fourth-order valence-corrected chi connectivity index (χ4v) is 3.00. The summed E-state index contributed by atoms with van der Waals surface area (Å²) in [6.45, 7) is 6.77.